The van der Waals surface area contributed by atoms with E-state index in [2.05, 4.69) is 24.1 Å². The number of anilines is 1. The normalized spacial score (nSPS) is 22.8. The zero-order chi connectivity index (χ0) is 46.6. The van der Waals surface area contributed by atoms with Gasteiger partial charge in [-0.25, -0.2) is 9.36 Å². The second-order valence-electron chi connectivity index (χ2n) is 17.5. The van der Waals surface area contributed by atoms with Crippen molar-refractivity contribution in [3.05, 3.63) is 118 Å². The predicted octanol–water partition coefficient (Wildman–Crippen LogP) is 9.63. The van der Waals surface area contributed by atoms with Gasteiger partial charge in [0.1, 0.15) is 17.0 Å². The van der Waals surface area contributed by atoms with Gasteiger partial charge >= 0.3 is 25.9 Å². The summed E-state index contributed by atoms with van der Waals surface area (Å²) in [4.78, 5) is 55.7. The molecule has 2 N–H and O–H groups in total. The number of rotatable bonds is 16. The molecule has 1 aromatic heterocycles. The third kappa shape index (κ3) is 10.7. The Bertz CT molecular complexity index is 2410. The van der Waals surface area contributed by atoms with Gasteiger partial charge in [0.2, 0.25) is 5.91 Å². The quantitative estimate of drug-likeness (QED) is 0.0631. The van der Waals surface area contributed by atoms with Crippen LogP contribution in [0.2, 0.25) is 5.02 Å². The minimum Gasteiger partial charge on any atom is -0.493 e. The highest BCUT2D eigenvalue weighted by atomic mass is 35.5. The summed E-state index contributed by atoms with van der Waals surface area (Å²) in [6.45, 7) is 4.27. The molecule has 0 bridgehead atoms. The molecular formula is C48H54ClF3N3O9P. The summed E-state index contributed by atoms with van der Waals surface area (Å²) in [5.41, 5.74) is 1.61. The average Bonchev–Trinajstić information content (AvgIpc) is 3.55. The number of hydrogen-bond acceptors (Lipinski definition) is 9. The Morgan fingerprint density at radius 1 is 1.03 bits per heavy atom. The number of nitrogens with zero attached hydrogens (tertiary/aromatic N) is 2. The van der Waals surface area contributed by atoms with E-state index < -0.39 is 36.8 Å². The van der Waals surface area contributed by atoms with Crippen molar-refractivity contribution in [2.45, 2.75) is 101 Å². The number of carbonyl (C=O) groups is 3. The van der Waals surface area contributed by atoms with Gasteiger partial charge in [0, 0.05) is 34.7 Å². The first-order valence-corrected chi connectivity index (χ1v) is 23.8. The summed E-state index contributed by atoms with van der Waals surface area (Å²) in [7, 11) is -3.64. The molecule has 4 atom stereocenters. The van der Waals surface area contributed by atoms with E-state index in [0.29, 0.717) is 30.3 Å². The fourth-order valence-electron chi connectivity index (χ4n) is 10.2. The number of aryl methyl sites for hydroxylation is 1. The number of alkyl halides is 3. The summed E-state index contributed by atoms with van der Waals surface area (Å²) >= 11 is 6.25. The first kappa shape index (κ1) is 48.0. The summed E-state index contributed by atoms with van der Waals surface area (Å²) in [5.74, 6) is -2.51. The molecule has 1 heterocycles. The molecule has 0 saturated heterocycles. The number of nitrogens with one attached hydrogen (secondary N) is 1. The van der Waals surface area contributed by atoms with Gasteiger partial charge in [-0.05, 0) is 134 Å². The number of carbonyl (C=O) groups excluding carboxylic acids is 3. The molecule has 17 heteroatoms. The Labute approximate surface area is 381 Å². The van der Waals surface area contributed by atoms with Gasteiger partial charge in [0.05, 0.1) is 26.7 Å². The van der Waals surface area contributed by atoms with Crippen LogP contribution < -0.4 is 19.5 Å². The van der Waals surface area contributed by atoms with Gasteiger partial charge in [-0.1, -0.05) is 67.9 Å². The van der Waals surface area contributed by atoms with E-state index in [9.17, 15) is 37.0 Å². The molecule has 0 aliphatic heterocycles. The Hall–Kier alpha value is -4.95. The predicted molar refractivity (Wildman–Crippen MR) is 238 cm³/mol. The maximum atomic E-state index is 14.5. The lowest BCUT2D eigenvalue weighted by molar-refractivity contribution is -0.174. The van der Waals surface area contributed by atoms with E-state index in [1.165, 1.54) is 24.3 Å². The lowest BCUT2D eigenvalue weighted by Crippen LogP contribution is -2.63. The average molecular weight is 940 g/mol. The van der Waals surface area contributed by atoms with E-state index in [-0.39, 0.29) is 79.5 Å². The molecule has 1 fully saturated rings. The van der Waals surface area contributed by atoms with Crippen LogP contribution in [0, 0.1) is 11.8 Å². The first-order chi connectivity index (χ1) is 30.9. The van der Waals surface area contributed by atoms with Gasteiger partial charge in [0.25, 0.3) is 0 Å². The maximum absolute atomic E-state index is 14.5. The highest BCUT2D eigenvalue weighted by Crippen LogP contribution is 2.58. The van der Waals surface area contributed by atoms with Crippen molar-refractivity contribution in [1.82, 2.24) is 10.3 Å². The van der Waals surface area contributed by atoms with Crippen molar-refractivity contribution in [1.29, 1.82) is 0 Å². The zero-order valence-corrected chi connectivity index (χ0v) is 38.2. The van der Waals surface area contributed by atoms with Crippen molar-refractivity contribution in [2.75, 3.05) is 31.8 Å². The number of ether oxygens (including phenoxy) is 2. The number of pyridine rings is 1. The van der Waals surface area contributed by atoms with E-state index in [1.54, 1.807) is 24.4 Å². The molecule has 0 radical (unpaired) electrons. The number of fused-ring (bicyclic) bond motifs is 3. The van der Waals surface area contributed by atoms with Crippen LogP contribution in [0.15, 0.2) is 85.1 Å². The lowest BCUT2D eigenvalue weighted by Gasteiger charge is -2.51. The lowest BCUT2D eigenvalue weighted by atomic mass is 9.59. The topological polar surface area (TPSA) is 154 Å². The van der Waals surface area contributed by atoms with Crippen molar-refractivity contribution in [3.8, 4) is 11.5 Å². The Kier molecular flexibility index (Phi) is 14.7. The minimum absolute atomic E-state index is 0.00841. The van der Waals surface area contributed by atoms with E-state index in [1.807, 2.05) is 36.4 Å². The molecule has 3 aromatic carbocycles. The highest BCUT2D eigenvalue weighted by molar-refractivity contribution is 7.47. The number of aromatic nitrogens is 1. The van der Waals surface area contributed by atoms with Gasteiger partial charge < -0.3 is 19.3 Å². The maximum Gasteiger partial charge on any atom is 0.527 e. The molecule has 4 aromatic rings. The summed E-state index contributed by atoms with van der Waals surface area (Å²) in [5, 5.41) is 2.73. The Morgan fingerprint density at radius 3 is 2.49 bits per heavy atom. The second kappa shape index (κ2) is 19.9. The summed E-state index contributed by atoms with van der Waals surface area (Å²) in [6.07, 6.45) is 0.596. The van der Waals surface area contributed by atoms with Crippen LogP contribution in [-0.2, 0) is 52.9 Å². The van der Waals surface area contributed by atoms with Crippen LogP contribution >= 0.6 is 19.4 Å². The van der Waals surface area contributed by atoms with Crippen molar-refractivity contribution in [2.24, 2.45) is 11.8 Å². The standard InChI is InChI=1S/C48H54ClF3N3O9P/c1-31(30-62-41-17-22-53-40-14-7-9-32(2)43(40)41)25-35-27-34-15-16-38(64-65(59,60)63-24-23-54-42(56)26-33-10-5-4-6-11-33)29-39(34)46(35)18-20-47(21-19-46,45(58)61-3)55(44(57)48(50,51)52)37-13-8-12-36(49)28-37/h4-6,8,10-13,15-17,22,28-29,31-32,35H,7,9,14,18-21,23-27,30H2,1-3H3,(H,54,56)(H,59,60)/t31-,32-,35+,46?,47?/m1/s1. The van der Waals surface area contributed by atoms with Crippen LogP contribution in [0.3, 0.4) is 0 Å². The number of phosphoric acid groups is 1. The number of halogens is 4. The molecule has 348 valence electrons. The fraction of sp³-hybridized carbons (Fsp3) is 0.458. The van der Waals surface area contributed by atoms with Crippen LogP contribution in [0.25, 0.3) is 0 Å². The van der Waals surface area contributed by atoms with Gasteiger partial charge in [-0.3, -0.25) is 28.9 Å². The van der Waals surface area contributed by atoms with Crippen LogP contribution in [0.5, 0.6) is 11.5 Å². The molecule has 7 rings (SSSR count). The number of phosphoric ester groups is 1. The van der Waals surface area contributed by atoms with E-state index in [4.69, 9.17) is 30.1 Å². The highest BCUT2D eigenvalue weighted by Gasteiger charge is 2.60. The summed E-state index contributed by atoms with van der Waals surface area (Å²) in [6, 6.07) is 21.4. The van der Waals surface area contributed by atoms with Crippen molar-refractivity contribution in [3.63, 3.8) is 0 Å². The van der Waals surface area contributed by atoms with Gasteiger partial charge in [-0.15, -0.1) is 0 Å². The molecule has 1 saturated carbocycles. The van der Waals surface area contributed by atoms with Crippen LogP contribution in [0.4, 0.5) is 18.9 Å². The molecule has 12 nitrogen and oxygen atoms in total. The third-order valence-electron chi connectivity index (χ3n) is 13.2. The number of esters is 1. The zero-order valence-electron chi connectivity index (χ0n) is 36.6. The minimum atomic E-state index is -5.34. The van der Waals surface area contributed by atoms with E-state index in [0.717, 1.165) is 60.1 Å². The summed E-state index contributed by atoms with van der Waals surface area (Å²) < 4.78 is 79.3. The van der Waals surface area contributed by atoms with Crippen LogP contribution in [0.1, 0.15) is 92.7 Å². The molecule has 1 unspecified atom stereocenters. The number of benzene rings is 3. The Balaban J connectivity index is 1.15. The Morgan fingerprint density at radius 2 is 1.78 bits per heavy atom. The smallest absolute Gasteiger partial charge is 0.493 e. The number of hydrogen-bond donors (Lipinski definition) is 2. The monoisotopic (exact) mass is 939 g/mol. The molecule has 3 aliphatic carbocycles. The fourth-order valence-corrected chi connectivity index (χ4v) is 11.2. The molecule has 2 amide bonds. The number of amides is 2. The molecule has 1 spiro atoms. The van der Waals surface area contributed by atoms with Crippen molar-refractivity contribution >= 4 is 42.9 Å². The number of methoxy groups -OCH3 is 1. The molecular weight excluding hydrogens is 886 g/mol. The largest absolute Gasteiger partial charge is 0.527 e. The van der Waals surface area contributed by atoms with Crippen LogP contribution in [-0.4, -0.2) is 66.2 Å². The van der Waals surface area contributed by atoms with E-state index >= 15 is 0 Å². The molecule has 3 aliphatic rings. The first-order valence-electron chi connectivity index (χ1n) is 21.9. The third-order valence-corrected chi connectivity index (χ3v) is 14.4. The second-order valence-corrected chi connectivity index (χ2v) is 19.4. The SMILES string of the molecule is COC(=O)C1(N(C(=O)C(F)(F)F)c2cccc(Cl)c2)CCC2(CC1)c1cc(OP(=O)(O)OCCNC(=O)Cc3ccccc3)ccc1C[C@@H]2C[C@@H](C)COc1ccnc2c1[C@H](C)CCC2. The molecule has 65 heavy (non-hydrogen) atoms. The van der Waals surface area contributed by atoms with Gasteiger partial charge in [0.15, 0.2) is 0 Å². The van der Waals surface area contributed by atoms with Crippen molar-refractivity contribution < 1.29 is 55.5 Å². The van der Waals surface area contributed by atoms with Gasteiger partial charge in [-0.2, -0.15) is 13.2 Å².